The number of aryl methyl sites for hydroxylation is 2. The zero-order valence-corrected chi connectivity index (χ0v) is 17.6. The molecule has 4 rings (SSSR count). The molecule has 162 valence electrons. The maximum Gasteiger partial charge on any atom is 0.321 e. The van der Waals surface area contributed by atoms with Crippen LogP contribution in [0.5, 0.6) is 11.8 Å². The standard InChI is InChI=1S/C23H19F2N5O2/c1-13-11-17(32-23-26-9-4-10-27-23)6-7-19(13)28-22(31)21-14(2)29-30(15(21)3)20-8-5-16(24)12-18(20)25/h4-12H,1-3H3,(H,28,31). The van der Waals surface area contributed by atoms with E-state index in [4.69, 9.17) is 4.74 Å². The molecule has 0 fully saturated rings. The first-order chi connectivity index (χ1) is 15.3. The van der Waals surface area contributed by atoms with Gasteiger partial charge < -0.3 is 10.1 Å². The molecule has 0 radical (unpaired) electrons. The fraction of sp³-hybridized carbons (Fsp3) is 0.130. The van der Waals surface area contributed by atoms with Crippen LogP contribution in [0.4, 0.5) is 14.5 Å². The largest absolute Gasteiger partial charge is 0.424 e. The predicted octanol–water partition coefficient (Wildman–Crippen LogP) is 4.91. The van der Waals surface area contributed by atoms with E-state index in [0.717, 1.165) is 17.7 Å². The molecule has 9 heteroatoms. The smallest absolute Gasteiger partial charge is 0.321 e. The molecule has 0 bridgehead atoms. The number of ether oxygens (including phenoxy) is 1. The third-order valence-corrected chi connectivity index (χ3v) is 4.85. The summed E-state index contributed by atoms with van der Waals surface area (Å²) in [5.74, 6) is -1.32. The molecule has 0 aliphatic carbocycles. The lowest BCUT2D eigenvalue weighted by atomic mass is 10.1. The van der Waals surface area contributed by atoms with Gasteiger partial charge in [-0.25, -0.2) is 23.4 Å². The molecule has 0 aliphatic heterocycles. The molecule has 0 aliphatic rings. The van der Waals surface area contributed by atoms with E-state index in [-0.39, 0.29) is 11.7 Å². The number of rotatable bonds is 5. The first kappa shape index (κ1) is 21.1. The van der Waals surface area contributed by atoms with Crippen LogP contribution >= 0.6 is 0 Å². The van der Waals surface area contributed by atoms with Gasteiger partial charge in [0.2, 0.25) is 0 Å². The lowest BCUT2D eigenvalue weighted by Gasteiger charge is -2.11. The molecule has 0 atom stereocenters. The Kier molecular flexibility index (Phi) is 5.63. The third-order valence-electron chi connectivity index (χ3n) is 4.85. The van der Waals surface area contributed by atoms with Crippen LogP contribution in [-0.2, 0) is 0 Å². The Morgan fingerprint density at radius 2 is 1.78 bits per heavy atom. The van der Waals surface area contributed by atoms with Gasteiger partial charge in [0.15, 0.2) is 5.82 Å². The summed E-state index contributed by atoms with van der Waals surface area (Å²) in [6, 6.07) is 10.3. The minimum Gasteiger partial charge on any atom is -0.424 e. The van der Waals surface area contributed by atoms with Crippen molar-refractivity contribution in [3.05, 3.63) is 89.0 Å². The minimum atomic E-state index is -0.767. The molecular weight excluding hydrogens is 416 g/mol. The summed E-state index contributed by atoms with van der Waals surface area (Å²) in [4.78, 5) is 21.0. The molecule has 2 aromatic carbocycles. The van der Waals surface area contributed by atoms with Gasteiger partial charge in [0.1, 0.15) is 17.3 Å². The van der Waals surface area contributed by atoms with E-state index in [1.807, 2.05) is 6.92 Å². The second-order valence-electron chi connectivity index (χ2n) is 7.12. The highest BCUT2D eigenvalue weighted by Gasteiger charge is 2.21. The van der Waals surface area contributed by atoms with Gasteiger partial charge in [0, 0.05) is 24.1 Å². The Morgan fingerprint density at radius 3 is 2.47 bits per heavy atom. The Balaban J connectivity index is 1.57. The maximum atomic E-state index is 14.2. The highest BCUT2D eigenvalue weighted by atomic mass is 19.1. The van der Waals surface area contributed by atoms with Crippen LogP contribution in [0, 0.1) is 32.4 Å². The number of halogens is 2. The van der Waals surface area contributed by atoms with Crippen LogP contribution in [0.15, 0.2) is 54.9 Å². The average Bonchev–Trinajstić information content (AvgIpc) is 3.04. The quantitative estimate of drug-likeness (QED) is 0.482. The van der Waals surface area contributed by atoms with Gasteiger partial charge >= 0.3 is 6.01 Å². The van der Waals surface area contributed by atoms with Gasteiger partial charge in [-0.15, -0.1) is 0 Å². The highest BCUT2D eigenvalue weighted by Crippen LogP contribution is 2.26. The molecule has 2 heterocycles. The first-order valence-corrected chi connectivity index (χ1v) is 9.72. The number of carbonyl (C=O) groups is 1. The van der Waals surface area contributed by atoms with Crippen LogP contribution in [0.1, 0.15) is 27.3 Å². The summed E-state index contributed by atoms with van der Waals surface area (Å²) >= 11 is 0. The summed E-state index contributed by atoms with van der Waals surface area (Å²) in [7, 11) is 0. The maximum absolute atomic E-state index is 14.2. The number of carbonyl (C=O) groups excluding carboxylic acids is 1. The number of anilines is 1. The Labute approximate surface area is 182 Å². The number of aromatic nitrogens is 4. The molecule has 4 aromatic rings. The first-order valence-electron chi connectivity index (χ1n) is 9.72. The van der Waals surface area contributed by atoms with Crippen molar-refractivity contribution >= 4 is 11.6 Å². The van der Waals surface area contributed by atoms with Crippen molar-refractivity contribution in [2.24, 2.45) is 0 Å². The number of amides is 1. The number of hydrogen-bond donors (Lipinski definition) is 1. The molecule has 1 amide bonds. The summed E-state index contributed by atoms with van der Waals surface area (Å²) in [6.45, 7) is 5.14. The van der Waals surface area contributed by atoms with Crippen LogP contribution in [0.2, 0.25) is 0 Å². The van der Waals surface area contributed by atoms with Gasteiger partial charge in [-0.3, -0.25) is 4.79 Å². The number of benzene rings is 2. The third kappa shape index (κ3) is 4.18. The van der Waals surface area contributed by atoms with Gasteiger partial charge in [0.25, 0.3) is 5.91 Å². The van der Waals surface area contributed by atoms with E-state index >= 15 is 0 Å². The van der Waals surface area contributed by atoms with Crippen LogP contribution in [0.25, 0.3) is 5.69 Å². The fourth-order valence-electron chi connectivity index (χ4n) is 3.33. The van der Waals surface area contributed by atoms with E-state index in [2.05, 4.69) is 20.4 Å². The van der Waals surface area contributed by atoms with E-state index < -0.39 is 17.5 Å². The van der Waals surface area contributed by atoms with Crippen molar-refractivity contribution in [2.45, 2.75) is 20.8 Å². The monoisotopic (exact) mass is 435 g/mol. The summed E-state index contributed by atoms with van der Waals surface area (Å²) in [5.41, 5.74) is 2.57. The number of hydrogen-bond acceptors (Lipinski definition) is 5. The SMILES string of the molecule is Cc1cc(Oc2ncccn2)ccc1NC(=O)c1c(C)nn(-c2ccc(F)cc2F)c1C. The summed E-state index contributed by atoms with van der Waals surface area (Å²) < 4.78 is 34.4. The zero-order valence-electron chi connectivity index (χ0n) is 17.6. The second-order valence-corrected chi connectivity index (χ2v) is 7.12. The molecule has 0 spiro atoms. The molecule has 7 nitrogen and oxygen atoms in total. The van der Waals surface area contributed by atoms with Gasteiger partial charge in [-0.1, -0.05) is 0 Å². The molecule has 2 aromatic heterocycles. The molecule has 32 heavy (non-hydrogen) atoms. The van der Waals surface area contributed by atoms with Crippen LogP contribution in [0.3, 0.4) is 0 Å². The van der Waals surface area contributed by atoms with Crippen molar-refractivity contribution in [3.8, 4) is 17.4 Å². The van der Waals surface area contributed by atoms with E-state index in [9.17, 15) is 13.6 Å². The predicted molar refractivity (Wildman–Crippen MR) is 114 cm³/mol. The topological polar surface area (TPSA) is 81.9 Å². The summed E-state index contributed by atoms with van der Waals surface area (Å²) in [5, 5.41) is 7.13. The van der Waals surface area contributed by atoms with Gasteiger partial charge in [0.05, 0.1) is 17.0 Å². The van der Waals surface area contributed by atoms with Gasteiger partial charge in [-0.05, 0) is 62.7 Å². The molecule has 1 N–H and O–H groups in total. The number of nitrogens with zero attached hydrogens (tertiary/aromatic N) is 4. The normalized spacial score (nSPS) is 10.8. The molecule has 0 unspecified atom stereocenters. The van der Waals surface area contributed by atoms with Crippen LogP contribution in [-0.4, -0.2) is 25.7 Å². The summed E-state index contributed by atoms with van der Waals surface area (Å²) in [6.07, 6.45) is 3.15. The van der Waals surface area contributed by atoms with Crippen molar-refractivity contribution < 1.29 is 18.3 Å². The van der Waals surface area contributed by atoms with E-state index in [1.54, 1.807) is 50.5 Å². The molecule has 0 saturated heterocycles. The lowest BCUT2D eigenvalue weighted by molar-refractivity contribution is 0.102. The molecular formula is C23H19F2N5O2. The Morgan fingerprint density at radius 1 is 1.03 bits per heavy atom. The highest BCUT2D eigenvalue weighted by molar-refractivity contribution is 6.06. The van der Waals surface area contributed by atoms with Crippen molar-refractivity contribution in [3.63, 3.8) is 0 Å². The van der Waals surface area contributed by atoms with Crippen LogP contribution < -0.4 is 10.1 Å². The Hall–Kier alpha value is -4.14. The lowest BCUT2D eigenvalue weighted by Crippen LogP contribution is -2.15. The second kappa shape index (κ2) is 8.54. The van der Waals surface area contributed by atoms with E-state index in [1.165, 1.54) is 10.7 Å². The Bertz CT molecular complexity index is 1310. The zero-order chi connectivity index (χ0) is 22.8. The minimum absolute atomic E-state index is 0.0619. The number of nitrogens with one attached hydrogen (secondary N) is 1. The van der Waals surface area contributed by atoms with Crippen molar-refractivity contribution in [1.29, 1.82) is 0 Å². The van der Waals surface area contributed by atoms with Crippen molar-refractivity contribution in [1.82, 2.24) is 19.7 Å². The van der Waals surface area contributed by atoms with Crippen molar-refractivity contribution in [2.75, 3.05) is 5.32 Å². The molecule has 0 saturated carbocycles. The fourth-order valence-corrected chi connectivity index (χ4v) is 3.33. The van der Waals surface area contributed by atoms with Gasteiger partial charge in [-0.2, -0.15) is 5.10 Å². The van der Waals surface area contributed by atoms with E-state index in [0.29, 0.717) is 28.4 Å². The average molecular weight is 435 g/mol.